The Morgan fingerprint density at radius 2 is 0.898 bits per heavy atom. The first-order valence-electron chi connectivity index (χ1n) is 16.3. The lowest BCUT2D eigenvalue weighted by molar-refractivity contribution is -0.157. The number of benzene rings is 4. The highest BCUT2D eigenvalue weighted by Gasteiger charge is 2.55. The van der Waals surface area contributed by atoms with Gasteiger partial charge in [-0.2, -0.15) is 0 Å². The zero-order chi connectivity index (χ0) is 35.0. The second kappa shape index (κ2) is 13.7. The summed E-state index contributed by atoms with van der Waals surface area (Å²) in [7, 11) is -6.77. The molecular formula is C38H42N2O7S2. The highest BCUT2D eigenvalue weighted by molar-refractivity contribution is 7.91. The Hall–Kier alpha value is -4.03. The summed E-state index contributed by atoms with van der Waals surface area (Å²) < 4.78 is 62.3. The number of carbonyl (C=O) groups is 1. The number of amides is 2. The Balaban J connectivity index is 1.47. The molecule has 2 saturated heterocycles. The van der Waals surface area contributed by atoms with E-state index in [0.717, 1.165) is 22.3 Å². The van der Waals surface area contributed by atoms with Crippen molar-refractivity contribution in [1.82, 2.24) is 9.80 Å². The van der Waals surface area contributed by atoms with Crippen LogP contribution in [0.4, 0.5) is 4.79 Å². The van der Waals surface area contributed by atoms with Crippen LogP contribution in [0, 0.1) is 0 Å². The molecule has 2 amide bonds. The van der Waals surface area contributed by atoms with Crippen molar-refractivity contribution in [1.29, 1.82) is 0 Å². The Labute approximate surface area is 289 Å². The SMILES string of the molecule is CC1(C)O[C@@H]2[C@@H](O1)[C@@H](Cc1ccc(S(C)(=O)=O)cc1)N(Cc1ccccc1)C(=O)N(Cc1ccccc1)[C@@H]2Cc1ccc(S(C)(=O)=O)cc1. The molecule has 0 aliphatic carbocycles. The van der Waals surface area contributed by atoms with Gasteiger partial charge in [0.25, 0.3) is 0 Å². The van der Waals surface area contributed by atoms with Crippen molar-refractivity contribution in [2.24, 2.45) is 0 Å². The number of fused-ring (bicyclic) bond motifs is 1. The van der Waals surface area contributed by atoms with Crippen molar-refractivity contribution < 1.29 is 31.1 Å². The molecule has 4 atom stereocenters. The lowest BCUT2D eigenvalue weighted by atomic mass is 9.91. The van der Waals surface area contributed by atoms with Gasteiger partial charge < -0.3 is 19.3 Å². The number of urea groups is 1. The van der Waals surface area contributed by atoms with Crippen LogP contribution in [0.1, 0.15) is 36.1 Å². The molecule has 0 bridgehead atoms. The van der Waals surface area contributed by atoms with Crippen molar-refractivity contribution in [3.63, 3.8) is 0 Å². The number of carbonyl (C=O) groups excluding carboxylic acids is 1. The van der Waals surface area contributed by atoms with Gasteiger partial charge in [-0.25, -0.2) is 21.6 Å². The molecule has 2 aliphatic rings. The van der Waals surface area contributed by atoms with E-state index >= 15 is 4.79 Å². The maximum absolute atomic E-state index is 15.1. The largest absolute Gasteiger partial charge is 0.342 e. The number of ether oxygens (including phenoxy) is 2. The molecule has 49 heavy (non-hydrogen) atoms. The van der Waals surface area contributed by atoms with Crippen molar-refractivity contribution in [3.8, 4) is 0 Å². The third-order valence-corrected chi connectivity index (χ3v) is 11.5. The normalized spacial score (nSPS) is 22.5. The van der Waals surface area contributed by atoms with Crippen molar-refractivity contribution in [2.45, 2.75) is 79.6 Å². The second-order valence-electron chi connectivity index (χ2n) is 13.4. The van der Waals surface area contributed by atoms with Crippen LogP contribution in [-0.2, 0) is 55.1 Å². The minimum atomic E-state index is -3.38. The van der Waals surface area contributed by atoms with Gasteiger partial charge in [0, 0.05) is 25.6 Å². The van der Waals surface area contributed by atoms with E-state index in [4.69, 9.17) is 9.47 Å². The van der Waals surface area contributed by atoms with Gasteiger partial charge in [0.1, 0.15) is 12.2 Å². The summed E-state index contributed by atoms with van der Waals surface area (Å²) in [5.74, 6) is -0.955. The molecule has 0 radical (unpaired) electrons. The smallest absolute Gasteiger partial charge is 0.321 e. The number of nitrogens with zero attached hydrogens (tertiary/aromatic N) is 2. The third-order valence-electron chi connectivity index (χ3n) is 9.20. The number of rotatable bonds is 10. The topological polar surface area (TPSA) is 110 Å². The molecule has 0 saturated carbocycles. The van der Waals surface area contributed by atoms with Gasteiger partial charge in [0.05, 0.1) is 21.9 Å². The molecule has 4 aromatic rings. The van der Waals surface area contributed by atoms with E-state index in [2.05, 4.69) is 0 Å². The number of hydrogen-bond acceptors (Lipinski definition) is 7. The molecule has 258 valence electrons. The van der Waals surface area contributed by atoms with E-state index in [0.29, 0.717) is 25.9 Å². The molecule has 11 heteroatoms. The minimum Gasteiger partial charge on any atom is -0.342 e. The summed E-state index contributed by atoms with van der Waals surface area (Å²) in [4.78, 5) is 19.3. The zero-order valence-corrected chi connectivity index (χ0v) is 29.7. The predicted octanol–water partition coefficient (Wildman–Crippen LogP) is 5.67. The van der Waals surface area contributed by atoms with Gasteiger partial charge in [0.2, 0.25) is 0 Å². The monoisotopic (exact) mass is 702 g/mol. The first-order valence-corrected chi connectivity index (χ1v) is 20.0. The van der Waals surface area contributed by atoms with Crippen LogP contribution in [0.15, 0.2) is 119 Å². The fourth-order valence-electron chi connectivity index (χ4n) is 6.83. The van der Waals surface area contributed by atoms with Gasteiger partial charge in [-0.3, -0.25) is 0 Å². The fourth-order valence-corrected chi connectivity index (χ4v) is 8.09. The molecule has 6 rings (SSSR count). The second-order valence-corrected chi connectivity index (χ2v) is 17.5. The quantitative estimate of drug-likeness (QED) is 0.209. The Morgan fingerprint density at radius 3 is 1.22 bits per heavy atom. The number of hydrogen-bond donors (Lipinski definition) is 0. The van der Waals surface area contributed by atoms with Crippen LogP contribution in [0.5, 0.6) is 0 Å². The van der Waals surface area contributed by atoms with Crippen molar-refractivity contribution in [3.05, 3.63) is 131 Å². The summed E-state index contributed by atoms with van der Waals surface area (Å²) in [6.45, 7) is 4.39. The lowest BCUT2D eigenvalue weighted by Crippen LogP contribution is -2.51. The van der Waals surface area contributed by atoms with Gasteiger partial charge in [-0.05, 0) is 73.2 Å². The van der Waals surface area contributed by atoms with Gasteiger partial charge in [-0.1, -0.05) is 84.9 Å². The van der Waals surface area contributed by atoms with Gasteiger partial charge in [0.15, 0.2) is 25.5 Å². The van der Waals surface area contributed by atoms with Crippen LogP contribution in [0.2, 0.25) is 0 Å². The number of sulfone groups is 2. The first-order chi connectivity index (χ1) is 23.2. The summed E-state index contributed by atoms with van der Waals surface area (Å²) >= 11 is 0. The predicted molar refractivity (Wildman–Crippen MR) is 187 cm³/mol. The van der Waals surface area contributed by atoms with Crippen molar-refractivity contribution in [2.75, 3.05) is 12.5 Å². The van der Waals surface area contributed by atoms with E-state index in [1.165, 1.54) is 12.5 Å². The fraction of sp³-hybridized carbons (Fsp3) is 0.342. The highest BCUT2D eigenvalue weighted by atomic mass is 32.2. The van der Waals surface area contributed by atoms with Crippen LogP contribution in [0.25, 0.3) is 0 Å². The Bertz CT molecular complexity index is 1840. The Kier molecular flexibility index (Phi) is 9.74. The molecular weight excluding hydrogens is 661 g/mol. The zero-order valence-electron chi connectivity index (χ0n) is 28.1. The average molecular weight is 703 g/mol. The highest BCUT2D eigenvalue weighted by Crippen LogP contribution is 2.40. The molecule has 0 N–H and O–H groups in total. The minimum absolute atomic E-state index is 0.178. The molecule has 0 unspecified atom stereocenters. The summed E-state index contributed by atoms with van der Waals surface area (Å²) in [5, 5.41) is 0. The summed E-state index contributed by atoms with van der Waals surface area (Å²) in [6, 6.07) is 32.1. The maximum atomic E-state index is 15.1. The van der Waals surface area contributed by atoms with Crippen LogP contribution in [0.3, 0.4) is 0 Å². The van der Waals surface area contributed by atoms with Gasteiger partial charge >= 0.3 is 6.03 Å². The average Bonchev–Trinajstić information content (AvgIpc) is 3.36. The van der Waals surface area contributed by atoms with Crippen LogP contribution < -0.4 is 0 Å². The lowest BCUT2D eigenvalue weighted by Gasteiger charge is -2.37. The molecule has 4 aromatic carbocycles. The van der Waals surface area contributed by atoms with Crippen LogP contribution >= 0.6 is 0 Å². The standard InChI is InChI=1S/C38H42N2O7S2/c1-38(2)46-35-33(23-27-15-19-31(20-16-27)48(3,42)43)39(25-29-11-7-5-8-12-29)37(41)40(26-30-13-9-6-10-14-30)34(36(35)47-38)24-28-17-21-32(22-18-28)49(4,44)45/h5-22,33-36H,23-26H2,1-4H3/t33-,34-,35+,36+/m1/s1. The van der Waals surface area contributed by atoms with E-state index < -0.39 is 49.8 Å². The van der Waals surface area contributed by atoms with E-state index in [9.17, 15) is 16.8 Å². The first kappa shape index (κ1) is 34.8. The molecule has 2 fully saturated rings. The van der Waals surface area contributed by atoms with E-state index in [1.54, 1.807) is 48.5 Å². The maximum Gasteiger partial charge on any atom is 0.321 e. The molecule has 0 aromatic heterocycles. The van der Waals surface area contributed by atoms with Gasteiger partial charge in [-0.15, -0.1) is 0 Å². The Morgan fingerprint density at radius 1 is 0.551 bits per heavy atom. The van der Waals surface area contributed by atoms with Crippen LogP contribution in [-0.4, -0.2) is 75.3 Å². The summed E-state index contributed by atoms with van der Waals surface area (Å²) in [6.07, 6.45) is 2.08. The van der Waals surface area contributed by atoms with E-state index in [-0.39, 0.29) is 15.8 Å². The molecule has 9 nitrogen and oxygen atoms in total. The molecule has 2 heterocycles. The third kappa shape index (κ3) is 8.07. The van der Waals surface area contributed by atoms with E-state index in [1.807, 2.05) is 84.3 Å². The summed E-state index contributed by atoms with van der Waals surface area (Å²) in [5.41, 5.74) is 3.63. The molecule has 0 spiro atoms. The molecule has 2 aliphatic heterocycles. The van der Waals surface area contributed by atoms with Crippen molar-refractivity contribution >= 4 is 25.7 Å².